The number of carbonyl (C=O) groups excluding carboxylic acids is 1. The van der Waals surface area contributed by atoms with E-state index in [0.29, 0.717) is 22.9 Å². The van der Waals surface area contributed by atoms with Gasteiger partial charge in [0.15, 0.2) is 0 Å². The van der Waals surface area contributed by atoms with Crippen LogP contribution in [0.4, 0.5) is 5.69 Å². The first-order valence-corrected chi connectivity index (χ1v) is 10.4. The summed E-state index contributed by atoms with van der Waals surface area (Å²) in [5, 5.41) is 7.83. The first kappa shape index (κ1) is 18.3. The molecule has 4 aromatic rings. The molecule has 7 heteroatoms. The number of pyridine rings is 1. The fourth-order valence-electron chi connectivity index (χ4n) is 2.62. The van der Waals surface area contributed by atoms with Gasteiger partial charge in [-0.1, -0.05) is 12.1 Å². The fourth-order valence-corrected chi connectivity index (χ4v) is 4.29. The molecule has 0 bridgehead atoms. The predicted molar refractivity (Wildman–Crippen MR) is 113 cm³/mol. The number of amides is 1. The molecular formula is C21H17N3O2S2. The molecule has 4 rings (SSSR count). The lowest BCUT2D eigenvalue weighted by atomic mass is 10.2. The lowest BCUT2D eigenvalue weighted by Crippen LogP contribution is -2.11. The molecule has 0 saturated heterocycles. The van der Waals surface area contributed by atoms with E-state index in [0.717, 1.165) is 21.8 Å². The molecular weight excluding hydrogens is 390 g/mol. The minimum atomic E-state index is -0.166. The van der Waals surface area contributed by atoms with Crippen molar-refractivity contribution in [3.63, 3.8) is 0 Å². The van der Waals surface area contributed by atoms with Crippen LogP contribution in [-0.4, -0.2) is 15.9 Å². The average Bonchev–Trinajstić information content (AvgIpc) is 3.37. The summed E-state index contributed by atoms with van der Waals surface area (Å²) < 4.78 is 5.80. The first-order valence-electron chi connectivity index (χ1n) is 8.62. The zero-order valence-electron chi connectivity index (χ0n) is 15.1. The SMILES string of the molecule is Cc1nc(-c2ccsc2)sc1C(=O)Nc1cccc(OCc2cccnc2)c1. The van der Waals surface area contributed by atoms with Crippen LogP contribution in [0.1, 0.15) is 20.9 Å². The molecule has 3 aromatic heterocycles. The number of thiophene rings is 1. The van der Waals surface area contributed by atoms with E-state index in [2.05, 4.69) is 15.3 Å². The third-order valence-corrected chi connectivity index (χ3v) is 5.88. The number of aryl methyl sites for hydroxylation is 1. The second kappa shape index (κ2) is 8.33. The van der Waals surface area contributed by atoms with Gasteiger partial charge >= 0.3 is 0 Å². The van der Waals surface area contributed by atoms with Gasteiger partial charge < -0.3 is 10.1 Å². The molecule has 28 heavy (non-hydrogen) atoms. The number of nitrogens with one attached hydrogen (secondary N) is 1. The van der Waals surface area contributed by atoms with E-state index >= 15 is 0 Å². The molecule has 1 amide bonds. The summed E-state index contributed by atoms with van der Waals surface area (Å²) in [7, 11) is 0. The summed E-state index contributed by atoms with van der Waals surface area (Å²) in [6.07, 6.45) is 3.49. The van der Waals surface area contributed by atoms with Gasteiger partial charge in [0.25, 0.3) is 5.91 Å². The van der Waals surface area contributed by atoms with Crippen LogP contribution in [0.25, 0.3) is 10.6 Å². The molecule has 0 unspecified atom stereocenters. The Morgan fingerprint density at radius 2 is 2.14 bits per heavy atom. The third kappa shape index (κ3) is 4.27. The highest BCUT2D eigenvalue weighted by Gasteiger charge is 2.16. The third-order valence-electron chi connectivity index (χ3n) is 3.99. The van der Waals surface area contributed by atoms with Gasteiger partial charge in [0.1, 0.15) is 22.2 Å². The Kier molecular flexibility index (Phi) is 5.45. The zero-order chi connectivity index (χ0) is 19.3. The molecule has 0 fully saturated rings. The number of thiazole rings is 1. The van der Waals surface area contributed by atoms with E-state index in [1.165, 1.54) is 11.3 Å². The minimum absolute atomic E-state index is 0.166. The lowest BCUT2D eigenvalue weighted by Gasteiger charge is -2.09. The molecule has 140 valence electrons. The topological polar surface area (TPSA) is 64.1 Å². The molecule has 3 heterocycles. The van der Waals surface area contributed by atoms with Gasteiger partial charge in [0.05, 0.1) is 5.69 Å². The summed E-state index contributed by atoms with van der Waals surface area (Å²) in [5.41, 5.74) is 3.44. The molecule has 0 radical (unpaired) electrons. The largest absolute Gasteiger partial charge is 0.489 e. The van der Waals surface area contributed by atoms with E-state index in [1.54, 1.807) is 23.7 Å². The number of nitrogens with zero attached hydrogens (tertiary/aromatic N) is 2. The van der Waals surface area contributed by atoms with Crippen molar-refractivity contribution < 1.29 is 9.53 Å². The Hall–Kier alpha value is -3.03. The van der Waals surface area contributed by atoms with Crippen LogP contribution in [0.15, 0.2) is 65.6 Å². The molecule has 0 saturated carbocycles. The Morgan fingerprint density at radius 1 is 1.21 bits per heavy atom. The van der Waals surface area contributed by atoms with Crippen LogP contribution < -0.4 is 10.1 Å². The van der Waals surface area contributed by atoms with Crippen LogP contribution in [0, 0.1) is 6.92 Å². The Bertz CT molecular complexity index is 1080. The van der Waals surface area contributed by atoms with E-state index in [9.17, 15) is 4.79 Å². The number of rotatable bonds is 6. The molecule has 0 spiro atoms. The van der Waals surface area contributed by atoms with E-state index in [1.807, 2.05) is 60.1 Å². The first-order chi connectivity index (χ1) is 13.7. The molecule has 1 N–H and O–H groups in total. The monoisotopic (exact) mass is 407 g/mol. The number of ether oxygens (including phenoxy) is 1. The molecule has 0 aliphatic heterocycles. The van der Waals surface area contributed by atoms with Crippen molar-refractivity contribution in [2.24, 2.45) is 0 Å². The maximum absolute atomic E-state index is 12.7. The average molecular weight is 408 g/mol. The summed E-state index contributed by atoms with van der Waals surface area (Å²) >= 11 is 3.02. The van der Waals surface area contributed by atoms with Crippen molar-refractivity contribution >= 4 is 34.3 Å². The second-order valence-electron chi connectivity index (χ2n) is 6.08. The van der Waals surface area contributed by atoms with Gasteiger partial charge in [0.2, 0.25) is 0 Å². The molecule has 1 aromatic carbocycles. The van der Waals surface area contributed by atoms with E-state index < -0.39 is 0 Å². The highest BCUT2D eigenvalue weighted by atomic mass is 32.1. The zero-order valence-corrected chi connectivity index (χ0v) is 16.7. The fraction of sp³-hybridized carbons (Fsp3) is 0.0952. The number of hydrogen-bond acceptors (Lipinski definition) is 6. The quantitative estimate of drug-likeness (QED) is 0.464. The van der Waals surface area contributed by atoms with Crippen molar-refractivity contribution in [2.45, 2.75) is 13.5 Å². The van der Waals surface area contributed by atoms with Crippen LogP contribution in [-0.2, 0) is 6.61 Å². The van der Waals surface area contributed by atoms with Crippen LogP contribution >= 0.6 is 22.7 Å². The highest BCUT2D eigenvalue weighted by molar-refractivity contribution is 7.17. The Balaban J connectivity index is 1.45. The summed E-state index contributed by atoms with van der Waals surface area (Å²) in [6, 6.07) is 13.2. The molecule has 5 nitrogen and oxygen atoms in total. The van der Waals surface area contributed by atoms with Crippen molar-refractivity contribution in [2.75, 3.05) is 5.32 Å². The summed E-state index contributed by atoms with van der Waals surface area (Å²) in [5.74, 6) is 0.516. The number of carbonyl (C=O) groups is 1. The number of anilines is 1. The predicted octanol–water partition coefficient (Wildman–Crippen LogP) is 5.41. The van der Waals surface area contributed by atoms with Gasteiger partial charge in [-0.05, 0) is 36.6 Å². The maximum Gasteiger partial charge on any atom is 0.267 e. The van der Waals surface area contributed by atoms with Crippen molar-refractivity contribution in [1.29, 1.82) is 0 Å². The van der Waals surface area contributed by atoms with Crippen LogP contribution in [0.5, 0.6) is 5.75 Å². The van der Waals surface area contributed by atoms with E-state index in [-0.39, 0.29) is 5.91 Å². The van der Waals surface area contributed by atoms with Crippen molar-refractivity contribution in [3.05, 3.63) is 81.8 Å². The van der Waals surface area contributed by atoms with Crippen LogP contribution in [0.2, 0.25) is 0 Å². The van der Waals surface area contributed by atoms with Gasteiger partial charge in [-0.2, -0.15) is 11.3 Å². The highest BCUT2D eigenvalue weighted by Crippen LogP contribution is 2.30. The summed E-state index contributed by atoms with van der Waals surface area (Å²) in [6.45, 7) is 2.28. The smallest absolute Gasteiger partial charge is 0.267 e. The summed E-state index contributed by atoms with van der Waals surface area (Å²) in [4.78, 5) is 21.9. The van der Waals surface area contributed by atoms with Gasteiger partial charge in [-0.3, -0.25) is 9.78 Å². The second-order valence-corrected chi connectivity index (χ2v) is 7.86. The minimum Gasteiger partial charge on any atom is -0.489 e. The Morgan fingerprint density at radius 3 is 2.93 bits per heavy atom. The standard InChI is InChI=1S/C21H17N3O2S2/c1-14-19(28-21(23-14)16-7-9-27-13-16)20(25)24-17-5-2-6-18(10-17)26-12-15-4-3-8-22-11-15/h2-11,13H,12H2,1H3,(H,24,25). The number of aromatic nitrogens is 2. The molecule has 0 aliphatic carbocycles. The maximum atomic E-state index is 12.7. The van der Waals surface area contributed by atoms with Gasteiger partial charge in [-0.25, -0.2) is 4.98 Å². The Labute approximate surface area is 170 Å². The van der Waals surface area contributed by atoms with Crippen LogP contribution in [0.3, 0.4) is 0 Å². The molecule has 0 aliphatic rings. The van der Waals surface area contributed by atoms with Gasteiger partial charge in [-0.15, -0.1) is 11.3 Å². The molecule has 0 atom stereocenters. The number of benzene rings is 1. The van der Waals surface area contributed by atoms with E-state index in [4.69, 9.17) is 4.74 Å². The van der Waals surface area contributed by atoms with Crippen molar-refractivity contribution in [1.82, 2.24) is 9.97 Å². The van der Waals surface area contributed by atoms with Gasteiger partial charge in [0, 0.05) is 40.7 Å². The lowest BCUT2D eigenvalue weighted by molar-refractivity contribution is 0.103. The normalized spacial score (nSPS) is 10.6. The number of hydrogen-bond donors (Lipinski definition) is 1. The van der Waals surface area contributed by atoms with Crippen molar-refractivity contribution in [3.8, 4) is 16.3 Å².